The highest BCUT2D eigenvalue weighted by Gasteiger charge is 2.50. The van der Waals surface area contributed by atoms with E-state index in [1.807, 2.05) is 0 Å². The third kappa shape index (κ3) is 7.82. The maximum Gasteiger partial charge on any atom is 0.306 e. The van der Waals surface area contributed by atoms with Gasteiger partial charge in [-0.25, -0.2) is 0 Å². The molecular formula is C23H44N6O11. The number of carbonyl (C=O) groups is 2. The zero-order chi connectivity index (χ0) is 29.7. The molecule has 14 atom stereocenters. The van der Waals surface area contributed by atoms with Gasteiger partial charge in [0, 0.05) is 32.1 Å². The second-order valence-corrected chi connectivity index (χ2v) is 10.5. The monoisotopic (exact) mass is 580 g/mol. The summed E-state index contributed by atoms with van der Waals surface area (Å²) in [5.41, 5.74) is 30.2. The molecule has 1 saturated carbocycles. The van der Waals surface area contributed by atoms with Crippen molar-refractivity contribution in [1.82, 2.24) is 5.32 Å². The van der Waals surface area contributed by atoms with Crippen molar-refractivity contribution in [2.45, 2.75) is 111 Å². The highest BCUT2D eigenvalue weighted by atomic mass is 16.7. The van der Waals surface area contributed by atoms with E-state index in [1.54, 1.807) is 0 Å². The van der Waals surface area contributed by atoms with Crippen molar-refractivity contribution in [1.29, 1.82) is 0 Å². The fourth-order valence-corrected chi connectivity index (χ4v) is 5.00. The van der Waals surface area contributed by atoms with Crippen LogP contribution in [0.15, 0.2) is 0 Å². The molecule has 1 aliphatic carbocycles. The summed E-state index contributed by atoms with van der Waals surface area (Å²) in [5.74, 6) is -1.05. The van der Waals surface area contributed by atoms with Crippen LogP contribution in [0.2, 0.25) is 0 Å². The molecule has 3 rings (SSSR count). The first-order chi connectivity index (χ1) is 18.9. The molecule has 0 aromatic rings. The van der Waals surface area contributed by atoms with Crippen molar-refractivity contribution in [2.24, 2.45) is 28.7 Å². The van der Waals surface area contributed by atoms with Crippen molar-refractivity contribution >= 4 is 11.9 Å². The second kappa shape index (κ2) is 14.5. The van der Waals surface area contributed by atoms with Crippen LogP contribution in [0.25, 0.3) is 0 Å². The summed E-state index contributed by atoms with van der Waals surface area (Å²) in [5, 5.41) is 44.7. The lowest BCUT2D eigenvalue weighted by molar-refractivity contribution is -0.315. The largest absolute Gasteiger partial charge is 0.463 e. The Kier molecular flexibility index (Phi) is 12.0. The molecule has 1 amide bonds. The molecular weight excluding hydrogens is 536 g/mol. The molecule has 0 aromatic carbocycles. The molecule has 6 unspecified atom stereocenters. The van der Waals surface area contributed by atoms with E-state index in [4.69, 9.17) is 52.4 Å². The molecule has 0 spiro atoms. The summed E-state index contributed by atoms with van der Waals surface area (Å²) in [4.78, 5) is 23.3. The molecule has 3 fully saturated rings. The fraction of sp³-hybridized carbons (Fsp3) is 0.913. The van der Waals surface area contributed by atoms with E-state index >= 15 is 0 Å². The van der Waals surface area contributed by atoms with E-state index in [2.05, 4.69) is 5.32 Å². The van der Waals surface area contributed by atoms with E-state index in [-0.39, 0.29) is 38.1 Å². The Labute approximate surface area is 231 Å². The zero-order valence-electron chi connectivity index (χ0n) is 22.4. The van der Waals surface area contributed by atoms with Gasteiger partial charge >= 0.3 is 5.97 Å². The smallest absolute Gasteiger partial charge is 0.306 e. The summed E-state index contributed by atoms with van der Waals surface area (Å²) < 4.78 is 28.3. The Morgan fingerprint density at radius 2 is 1.43 bits per heavy atom. The van der Waals surface area contributed by atoms with Crippen molar-refractivity contribution in [3.8, 4) is 0 Å². The summed E-state index contributed by atoms with van der Waals surface area (Å²) in [6.07, 6.45) is -11.9. The number of carbonyl (C=O) groups excluding carboxylic acids is 2. The average molecular weight is 581 g/mol. The molecule has 232 valence electrons. The van der Waals surface area contributed by atoms with Gasteiger partial charge in [-0.2, -0.15) is 0 Å². The lowest BCUT2D eigenvalue weighted by atomic mass is 9.84. The van der Waals surface area contributed by atoms with Crippen molar-refractivity contribution in [2.75, 3.05) is 20.2 Å². The SMILES string of the molecule is CNC(=O)CCC(=O)OCC1O[C@H](O[C@@H]2C(O)C(O[C@H]3OC(CN)[C@@H](O)CC3N)[C@@H](N)C[C@H]2N)C(O)[C@@H](N)[C@@H]1O. The average Bonchev–Trinajstić information content (AvgIpc) is 2.92. The third-order valence-corrected chi connectivity index (χ3v) is 7.48. The molecule has 2 saturated heterocycles. The Morgan fingerprint density at radius 3 is 2.02 bits per heavy atom. The Bertz CT molecular complexity index is 845. The summed E-state index contributed by atoms with van der Waals surface area (Å²) in [6, 6.07) is -3.54. The number of nitrogens with one attached hydrogen (secondary N) is 1. The lowest BCUT2D eigenvalue weighted by Gasteiger charge is -2.47. The number of aliphatic hydroxyl groups is 4. The van der Waals surface area contributed by atoms with Gasteiger partial charge in [0.2, 0.25) is 5.91 Å². The van der Waals surface area contributed by atoms with Crippen LogP contribution in [0.5, 0.6) is 0 Å². The van der Waals surface area contributed by atoms with Crippen molar-refractivity contribution < 1.29 is 53.7 Å². The topological polar surface area (TPSA) is 303 Å². The third-order valence-electron chi connectivity index (χ3n) is 7.48. The first-order valence-electron chi connectivity index (χ1n) is 13.3. The first kappa shape index (κ1) is 32.9. The minimum Gasteiger partial charge on any atom is -0.463 e. The van der Waals surface area contributed by atoms with E-state index in [1.165, 1.54) is 7.05 Å². The molecule has 15 N–H and O–H groups in total. The number of amides is 1. The van der Waals surface area contributed by atoms with Gasteiger partial charge in [0.05, 0.1) is 30.7 Å². The fourth-order valence-electron chi connectivity index (χ4n) is 5.00. The number of aliphatic hydroxyl groups excluding tert-OH is 4. The quantitative estimate of drug-likeness (QED) is 0.107. The van der Waals surface area contributed by atoms with E-state index < -0.39 is 98.2 Å². The zero-order valence-corrected chi connectivity index (χ0v) is 22.4. The Hall–Kier alpha value is -1.58. The minimum absolute atomic E-state index is 0.0250. The van der Waals surface area contributed by atoms with Gasteiger partial charge in [-0.15, -0.1) is 0 Å². The number of hydrogen-bond donors (Lipinski definition) is 10. The number of nitrogens with two attached hydrogens (primary N) is 5. The summed E-state index contributed by atoms with van der Waals surface area (Å²) in [7, 11) is 1.44. The van der Waals surface area contributed by atoms with E-state index in [9.17, 15) is 30.0 Å². The van der Waals surface area contributed by atoms with Gasteiger partial charge in [-0.05, 0) is 12.8 Å². The molecule has 2 aliphatic heterocycles. The molecule has 17 heteroatoms. The van der Waals surface area contributed by atoms with E-state index in [0.717, 1.165) is 0 Å². The minimum atomic E-state index is -1.54. The maximum absolute atomic E-state index is 12.0. The van der Waals surface area contributed by atoms with Crippen LogP contribution in [0.3, 0.4) is 0 Å². The van der Waals surface area contributed by atoms with Crippen LogP contribution in [-0.4, -0.2) is 138 Å². The van der Waals surface area contributed by atoms with Crippen LogP contribution in [-0.2, 0) is 33.3 Å². The van der Waals surface area contributed by atoms with Gasteiger partial charge in [0.25, 0.3) is 0 Å². The van der Waals surface area contributed by atoms with Crippen LogP contribution in [0, 0.1) is 0 Å². The lowest BCUT2D eigenvalue weighted by Crippen LogP contribution is -2.68. The molecule has 2 heterocycles. The molecule has 40 heavy (non-hydrogen) atoms. The maximum atomic E-state index is 12.0. The Balaban J connectivity index is 1.64. The first-order valence-corrected chi connectivity index (χ1v) is 13.3. The summed E-state index contributed by atoms with van der Waals surface area (Å²) >= 11 is 0. The molecule has 17 nitrogen and oxygen atoms in total. The van der Waals surface area contributed by atoms with Crippen molar-refractivity contribution in [3.05, 3.63) is 0 Å². The predicted octanol–water partition coefficient (Wildman–Crippen LogP) is -6.22. The summed E-state index contributed by atoms with van der Waals surface area (Å²) in [6.45, 7) is -0.411. The number of ether oxygens (including phenoxy) is 5. The highest BCUT2D eigenvalue weighted by molar-refractivity contribution is 5.80. The van der Waals surface area contributed by atoms with Crippen LogP contribution >= 0.6 is 0 Å². The van der Waals surface area contributed by atoms with Gasteiger partial charge in [0.15, 0.2) is 12.6 Å². The number of hydrogen-bond acceptors (Lipinski definition) is 16. The van der Waals surface area contributed by atoms with E-state index in [0.29, 0.717) is 0 Å². The van der Waals surface area contributed by atoms with Gasteiger partial charge in [-0.1, -0.05) is 0 Å². The van der Waals surface area contributed by atoms with Gasteiger partial charge < -0.3 is 78.1 Å². The second-order valence-electron chi connectivity index (χ2n) is 10.5. The standard InChI is InChI=1S/C23H44N6O11/c1-29-14(31)2-3-15(32)36-7-13-17(33)16(28)18(34)23(38-13)40-21-9(26)4-8(25)20(19(21)35)39-22-10(27)5-11(30)12(6-24)37-22/h8-13,16-23,30,33-35H,2-7,24-28H2,1H3,(H,29,31)/t8-,9+,10?,11-,12?,13?,16-,17+,18?,19?,20?,21-,22+,23+/m0/s1. The molecule has 0 aromatic heterocycles. The highest BCUT2D eigenvalue weighted by Crippen LogP contribution is 2.31. The van der Waals surface area contributed by atoms with Gasteiger partial charge in [-0.3, -0.25) is 9.59 Å². The molecule has 0 radical (unpaired) electrons. The van der Waals surface area contributed by atoms with Crippen LogP contribution in [0.4, 0.5) is 0 Å². The van der Waals surface area contributed by atoms with Crippen LogP contribution in [0.1, 0.15) is 25.7 Å². The van der Waals surface area contributed by atoms with Gasteiger partial charge in [0.1, 0.15) is 43.2 Å². The normalized spacial score (nSPS) is 44.1. The Morgan fingerprint density at radius 1 is 0.825 bits per heavy atom. The predicted molar refractivity (Wildman–Crippen MR) is 136 cm³/mol. The molecule has 3 aliphatic rings. The van der Waals surface area contributed by atoms with Crippen molar-refractivity contribution in [3.63, 3.8) is 0 Å². The number of rotatable bonds is 10. The van der Waals surface area contributed by atoms with Crippen LogP contribution < -0.4 is 34.0 Å². The molecule has 0 bridgehead atoms. The number of esters is 1.